The van der Waals surface area contributed by atoms with Crippen molar-refractivity contribution in [3.63, 3.8) is 0 Å². The molecule has 486 valence electrons. The minimum atomic E-state index is -2.13. The number of nitrogens with one attached hydrogen (secondary N) is 5. The van der Waals surface area contributed by atoms with Crippen LogP contribution in [0.3, 0.4) is 0 Å². The first kappa shape index (κ1) is 79.4. The number of aliphatic carboxylic acids is 11. The number of ketones is 5. The van der Waals surface area contributed by atoms with Crippen LogP contribution in [0.5, 0.6) is 0 Å². The van der Waals surface area contributed by atoms with E-state index in [2.05, 4.69) is 10.6 Å². The van der Waals surface area contributed by atoms with Crippen molar-refractivity contribution in [2.75, 3.05) is 0 Å². The Hall–Kier alpha value is -9.64. The van der Waals surface area contributed by atoms with E-state index < -0.39 is 273 Å². The van der Waals surface area contributed by atoms with Crippen LogP contribution in [0.25, 0.3) is 0 Å². The normalized spacial score (nSPS) is 14.4. The maximum Gasteiger partial charge on any atom is 0.307 e. The van der Waals surface area contributed by atoms with E-state index in [1.807, 2.05) is 16.0 Å². The molecule has 0 aromatic rings. The number of amides is 4. The number of carboxylic acids is 11. The molecule has 0 radical (unpaired) electrons. The lowest BCUT2D eigenvalue weighted by atomic mass is 9.90. The highest BCUT2D eigenvalue weighted by Crippen LogP contribution is 2.21. The molecule has 10 atom stereocenters. The van der Waals surface area contributed by atoms with Gasteiger partial charge in [-0.3, -0.25) is 95.9 Å². The third-order valence-electron chi connectivity index (χ3n) is 12.0. The smallest absolute Gasteiger partial charge is 0.307 e. The number of Topliss-reactive ketones (excluding diaryl/α,β-unsaturated/α-hetero) is 5. The summed E-state index contributed by atoms with van der Waals surface area (Å²) in [6.07, 6.45) is -13.7. The van der Waals surface area contributed by atoms with Crippen LogP contribution in [0.15, 0.2) is 0 Å². The van der Waals surface area contributed by atoms with Crippen LogP contribution in [0.2, 0.25) is 0 Å². The van der Waals surface area contributed by atoms with Gasteiger partial charge in [-0.05, 0) is 34.1 Å². The fourth-order valence-electron chi connectivity index (χ4n) is 7.87. The summed E-state index contributed by atoms with van der Waals surface area (Å²) in [6, 6.07) is -8.92. The summed E-state index contributed by atoms with van der Waals surface area (Å²) < 4.78 is 0. The van der Waals surface area contributed by atoms with Gasteiger partial charge in [0.1, 0.15) is 0 Å². The van der Waals surface area contributed by atoms with E-state index in [9.17, 15) is 127 Å². The zero-order chi connectivity index (χ0) is 68.0. The number of hydrogen-bond donors (Lipinski definition) is 16. The molecule has 87 heavy (non-hydrogen) atoms. The third-order valence-corrected chi connectivity index (χ3v) is 12.0. The molecule has 0 aromatic heterocycles. The number of hydrogen-bond acceptors (Lipinski definition) is 21. The molecule has 0 spiro atoms. The van der Waals surface area contributed by atoms with Crippen LogP contribution in [0.4, 0.5) is 0 Å². The van der Waals surface area contributed by atoms with Crippen LogP contribution < -0.4 is 26.6 Å². The van der Waals surface area contributed by atoms with E-state index in [1.165, 1.54) is 6.92 Å². The second-order valence-corrected chi connectivity index (χ2v) is 20.7. The van der Waals surface area contributed by atoms with Crippen molar-refractivity contribution in [3.8, 4) is 0 Å². The first-order valence-electron chi connectivity index (χ1n) is 25.9. The van der Waals surface area contributed by atoms with E-state index in [4.69, 9.17) is 25.5 Å². The summed E-state index contributed by atoms with van der Waals surface area (Å²) in [7, 11) is 0. The molecular formula is C51H71N5O31. The van der Waals surface area contributed by atoms with E-state index in [0.717, 1.165) is 6.92 Å². The minimum absolute atomic E-state index is 0.128. The topological polar surface area (TPSA) is 624 Å². The van der Waals surface area contributed by atoms with Crippen LogP contribution in [-0.2, 0) is 95.9 Å². The second-order valence-electron chi connectivity index (χ2n) is 20.7. The molecule has 0 rings (SSSR count). The van der Waals surface area contributed by atoms with Gasteiger partial charge in [-0.25, -0.2) is 0 Å². The maximum absolute atomic E-state index is 13.5. The van der Waals surface area contributed by atoms with Crippen LogP contribution >= 0.6 is 0 Å². The van der Waals surface area contributed by atoms with Gasteiger partial charge in [0, 0.05) is 37.1 Å². The standard InChI is InChI=1S/C36H50N4O21.C15H21NO10/c1-15(41)19(11-29(51)52)37-33(59)16(8-26(45)46)5-23(42)20(12-30(53)54)38-34(60)17(9-27(47)48)6-24(43)21(13-31(55)56)39-35(61)18(10-28(49)50)7-25(44)22(14-32(57)58)40-36(2,3)4;1-2-7(4-11(18)19)14(24)16-9(6-13(22)23)10(17)3-8(15(25)26)5-12(20)21/h16-22,40H,5-14H2,1-4H3,(H,37,59)(H,38,60)(H,39,61)(H,45,46)(H,47,48)(H,49,50)(H,51,52)(H,53,54)(H,55,56)(H,57,58);7-9H,2-6H2,1H3,(H,16,24)(H,18,19)(H,20,21)(H,22,23)(H,25,26)/t16-,17-,18-,19-,20-,21-,22-;7-,8-,9-/m00/s1. The molecule has 4 amide bonds. The highest BCUT2D eigenvalue weighted by molar-refractivity contribution is 6.01. The molecule has 0 unspecified atom stereocenters. The van der Waals surface area contributed by atoms with Crippen LogP contribution in [0.1, 0.15) is 131 Å². The lowest BCUT2D eigenvalue weighted by Crippen LogP contribution is -2.51. The van der Waals surface area contributed by atoms with Crippen molar-refractivity contribution in [2.45, 2.75) is 167 Å². The van der Waals surface area contributed by atoms with E-state index in [-0.39, 0.29) is 6.42 Å². The summed E-state index contributed by atoms with van der Waals surface area (Å²) in [5, 5.41) is 111. The Morgan fingerprint density at radius 1 is 0.287 bits per heavy atom. The molecule has 0 saturated carbocycles. The predicted molar refractivity (Wildman–Crippen MR) is 281 cm³/mol. The Kier molecular flexibility index (Phi) is 35.0. The monoisotopic (exact) mass is 1250 g/mol. The Bertz CT molecular complexity index is 2640. The van der Waals surface area contributed by atoms with Crippen molar-refractivity contribution >= 4 is 118 Å². The Morgan fingerprint density at radius 3 is 0.736 bits per heavy atom. The summed E-state index contributed by atoms with van der Waals surface area (Å²) in [6.45, 7) is 7.20. The van der Waals surface area contributed by atoms with Crippen molar-refractivity contribution in [2.24, 2.45) is 29.6 Å². The van der Waals surface area contributed by atoms with Crippen molar-refractivity contribution in [3.05, 3.63) is 0 Å². The van der Waals surface area contributed by atoms with Crippen molar-refractivity contribution in [1.82, 2.24) is 26.6 Å². The molecule has 0 fully saturated rings. The second kappa shape index (κ2) is 38.3. The lowest BCUT2D eigenvalue weighted by Gasteiger charge is -2.28. The van der Waals surface area contributed by atoms with Gasteiger partial charge in [0.2, 0.25) is 23.6 Å². The lowest BCUT2D eigenvalue weighted by molar-refractivity contribution is -0.150. The average molecular weight is 1250 g/mol. The highest BCUT2D eigenvalue weighted by atomic mass is 16.4. The van der Waals surface area contributed by atoms with Gasteiger partial charge in [-0.2, -0.15) is 0 Å². The van der Waals surface area contributed by atoms with Gasteiger partial charge in [0.25, 0.3) is 0 Å². The molecular weight excluding hydrogens is 1180 g/mol. The fraction of sp³-hybridized carbons (Fsp3) is 0.608. The van der Waals surface area contributed by atoms with Gasteiger partial charge < -0.3 is 82.8 Å². The van der Waals surface area contributed by atoms with Gasteiger partial charge >= 0.3 is 65.7 Å². The molecule has 0 aliphatic carbocycles. The molecule has 0 bridgehead atoms. The zero-order valence-electron chi connectivity index (χ0n) is 47.5. The summed E-state index contributed by atoms with van der Waals surface area (Å²) in [4.78, 5) is 240. The molecule has 0 aliphatic rings. The zero-order valence-corrected chi connectivity index (χ0v) is 47.5. The Morgan fingerprint density at radius 2 is 0.494 bits per heavy atom. The summed E-state index contributed by atoms with van der Waals surface area (Å²) >= 11 is 0. The first-order chi connectivity index (χ1) is 39.9. The molecule has 0 aromatic carbocycles. The molecule has 16 N–H and O–H groups in total. The average Bonchev–Trinajstić information content (AvgIpc) is 3.15. The largest absolute Gasteiger partial charge is 0.481 e. The Balaban J connectivity index is 0. The van der Waals surface area contributed by atoms with E-state index in [1.54, 1.807) is 20.8 Å². The van der Waals surface area contributed by atoms with Crippen molar-refractivity contribution in [1.29, 1.82) is 0 Å². The first-order valence-corrected chi connectivity index (χ1v) is 25.9. The number of carboxylic acid groups (broad SMARTS) is 11. The summed E-state index contributed by atoms with van der Waals surface area (Å²) in [5.41, 5.74) is -0.843. The molecule has 0 saturated heterocycles. The van der Waals surface area contributed by atoms with E-state index >= 15 is 0 Å². The van der Waals surface area contributed by atoms with Gasteiger partial charge in [0.05, 0.1) is 118 Å². The predicted octanol–water partition coefficient (Wildman–Crippen LogP) is -2.58. The molecule has 0 heterocycles. The quantitative estimate of drug-likeness (QED) is 0.0298. The van der Waals surface area contributed by atoms with Gasteiger partial charge in [0.15, 0.2) is 28.9 Å². The van der Waals surface area contributed by atoms with Crippen LogP contribution in [-0.4, -0.2) is 210 Å². The fourth-order valence-corrected chi connectivity index (χ4v) is 7.87. The van der Waals surface area contributed by atoms with Crippen molar-refractivity contribution < 1.29 is 152 Å². The SMILES string of the molecule is CC(=O)[C@H](CC(=O)O)NC(=O)[C@H](CC(=O)O)CC(=O)[C@H](CC(=O)O)NC(=O)[C@H](CC(=O)O)CC(=O)[C@H](CC(=O)O)NC(=O)[C@H](CC(=O)O)CC(=O)[C@H](CC(=O)O)NC(C)(C)C.CC[C@@H](CC(=O)O)C(=O)N[C@@H](CC(=O)O)C(=O)C[C@@H](CC(=O)O)C(=O)O. The summed E-state index contributed by atoms with van der Waals surface area (Å²) in [5.74, 6) is -36.0. The number of rotatable bonds is 44. The molecule has 36 nitrogen and oxygen atoms in total. The maximum atomic E-state index is 13.5. The highest BCUT2D eigenvalue weighted by Gasteiger charge is 2.39. The third kappa shape index (κ3) is 35.3. The van der Waals surface area contributed by atoms with Crippen LogP contribution in [0, 0.1) is 29.6 Å². The number of carbonyl (C=O) groups excluding carboxylic acids is 9. The van der Waals surface area contributed by atoms with E-state index in [0.29, 0.717) is 0 Å². The molecule has 36 heteroatoms. The molecule has 0 aliphatic heterocycles. The Labute approximate surface area is 492 Å². The van der Waals surface area contributed by atoms with Gasteiger partial charge in [-0.15, -0.1) is 0 Å². The van der Waals surface area contributed by atoms with Gasteiger partial charge in [-0.1, -0.05) is 6.92 Å². The minimum Gasteiger partial charge on any atom is -0.481 e. The number of carbonyl (C=O) groups is 20.